The van der Waals surface area contributed by atoms with E-state index in [0.29, 0.717) is 29.5 Å². The highest BCUT2D eigenvalue weighted by Crippen LogP contribution is 2.14. The summed E-state index contributed by atoms with van der Waals surface area (Å²) < 4.78 is 5.46. The van der Waals surface area contributed by atoms with Crippen molar-refractivity contribution < 1.29 is 9.21 Å². The number of carbonyl (C=O) groups is 1. The first-order chi connectivity index (χ1) is 8.13. The molecule has 88 valence electrons. The lowest BCUT2D eigenvalue weighted by Gasteiger charge is -1.97. The Hall–Kier alpha value is -1.61. The average Bonchev–Trinajstić information content (AvgIpc) is 2.68. The lowest BCUT2D eigenvalue weighted by molar-refractivity contribution is -0.116. The zero-order valence-corrected chi connectivity index (χ0v) is 10.2. The van der Waals surface area contributed by atoms with Gasteiger partial charge in [0.2, 0.25) is 0 Å². The van der Waals surface area contributed by atoms with Gasteiger partial charge in [-0.25, -0.2) is 4.98 Å². The minimum Gasteiger partial charge on any atom is -0.445 e. The Morgan fingerprint density at radius 1 is 1.35 bits per heavy atom. The molecule has 2 rings (SSSR count). The van der Waals surface area contributed by atoms with Crippen molar-refractivity contribution in [1.82, 2.24) is 4.98 Å². The molecule has 0 aliphatic carbocycles. The van der Waals surface area contributed by atoms with Crippen molar-refractivity contribution in [3.05, 3.63) is 52.7 Å². The van der Waals surface area contributed by atoms with Crippen molar-refractivity contribution >= 4 is 17.4 Å². The van der Waals surface area contributed by atoms with Crippen LogP contribution in [0.25, 0.3) is 0 Å². The summed E-state index contributed by atoms with van der Waals surface area (Å²) in [4.78, 5) is 15.1. The van der Waals surface area contributed by atoms with E-state index in [1.807, 2.05) is 24.3 Å². The summed E-state index contributed by atoms with van der Waals surface area (Å²) in [6.45, 7) is 1.53. The third kappa shape index (κ3) is 3.43. The quantitative estimate of drug-likeness (QED) is 0.836. The van der Waals surface area contributed by atoms with E-state index in [0.717, 1.165) is 5.56 Å². The summed E-state index contributed by atoms with van der Waals surface area (Å²) >= 11 is 5.80. The molecule has 1 aromatic heterocycles. The first kappa shape index (κ1) is 11.9. The lowest BCUT2D eigenvalue weighted by atomic mass is 10.1. The molecule has 0 aliphatic rings. The first-order valence-corrected chi connectivity index (χ1v) is 5.69. The molecule has 0 saturated carbocycles. The lowest BCUT2D eigenvalue weighted by Crippen LogP contribution is -1.93. The molecule has 2 aromatic rings. The van der Waals surface area contributed by atoms with Gasteiger partial charge in [0.05, 0.1) is 12.6 Å². The number of ketones is 1. The van der Waals surface area contributed by atoms with Crippen LogP contribution in [0.1, 0.15) is 24.1 Å². The number of rotatable bonds is 4. The van der Waals surface area contributed by atoms with Crippen LogP contribution in [0.2, 0.25) is 5.02 Å². The van der Waals surface area contributed by atoms with Crippen molar-refractivity contribution in [2.75, 3.05) is 0 Å². The monoisotopic (exact) mass is 249 g/mol. The highest BCUT2D eigenvalue weighted by atomic mass is 35.5. The smallest absolute Gasteiger partial charge is 0.198 e. The second-order valence-electron chi connectivity index (χ2n) is 3.90. The van der Waals surface area contributed by atoms with Crippen LogP contribution in [0.5, 0.6) is 0 Å². The van der Waals surface area contributed by atoms with Crippen LogP contribution in [0.4, 0.5) is 0 Å². The van der Waals surface area contributed by atoms with E-state index in [2.05, 4.69) is 4.98 Å². The largest absolute Gasteiger partial charge is 0.445 e. The number of nitrogens with zero attached hydrogens (tertiary/aromatic N) is 1. The molecule has 0 saturated heterocycles. The normalized spacial score (nSPS) is 10.5. The van der Waals surface area contributed by atoms with E-state index < -0.39 is 0 Å². The Morgan fingerprint density at radius 3 is 2.71 bits per heavy atom. The van der Waals surface area contributed by atoms with Crippen molar-refractivity contribution in [3.63, 3.8) is 0 Å². The zero-order chi connectivity index (χ0) is 12.3. The number of benzene rings is 1. The number of halogens is 1. The van der Waals surface area contributed by atoms with E-state index in [4.69, 9.17) is 16.0 Å². The Balaban J connectivity index is 2.06. The molecule has 0 radical (unpaired) electrons. The molecule has 0 bridgehead atoms. The number of Topliss-reactive ketones (excluding diaryl/α,β-unsaturated/α-hetero) is 1. The molecular weight excluding hydrogens is 238 g/mol. The second-order valence-corrected chi connectivity index (χ2v) is 4.34. The van der Waals surface area contributed by atoms with Crippen LogP contribution in [0, 0.1) is 0 Å². The number of hydrogen-bond donors (Lipinski definition) is 0. The predicted molar refractivity (Wildman–Crippen MR) is 65.1 cm³/mol. The molecule has 0 spiro atoms. The van der Waals surface area contributed by atoms with Gasteiger partial charge in [-0.3, -0.25) is 4.79 Å². The standard InChI is InChI=1S/C13H12ClNO2/c1-9(16)6-12-8-15-13(17-12)7-10-2-4-11(14)5-3-10/h2-5,8H,6-7H2,1H3. The molecule has 0 fully saturated rings. The molecule has 1 heterocycles. The molecular formula is C13H12ClNO2. The topological polar surface area (TPSA) is 43.1 Å². The Labute approximate surface area is 104 Å². The Morgan fingerprint density at radius 2 is 2.06 bits per heavy atom. The van der Waals surface area contributed by atoms with E-state index in [1.165, 1.54) is 6.92 Å². The van der Waals surface area contributed by atoms with Gasteiger partial charge in [-0.2, -0.15) is 0 Å². The fraction of sp³-hybridized carbons (Fsp3) is 0.231. The zero-order valence-electron chi connectivity index (χ0n) is 9.44. The molecule has 3 nitrogen and oxygen atoms in total. The minimum absolute atomic E-state index is 0.0687. The number of oxazole rings is 1. The van der Waals surface area contributed by atoms with Crippen molar-refractivity contribution in [2.24, 2.45) is 0 Å². The van der Waals surface area contributed by atoms with Gasteiger partial charge in [0.1, 0.15) is 11.5 Å². The van der Waals surface area contributed by atoms with E-state index >= 15 is 0 Å². The molecule has 17 heavy (non-hydrogen) atoms. The number of hydrogen-bond acceptors (Lipinski definition) is 3. The van der Waals surface area contributed by atoms with E-state index in [1.54, 1.807) is 6.20 Å². The van der Waals surface area contributed by atoms with Crippen LogP contribution in [-0.4, -0.2) is 10.8 Å². The third-order valence-electron chi connectivity index (χ3n) is 2.29. The molecule has 0 atom stereocenters. The van der Waals surface area contributed by atoms with Gasteiger partial charge in [-0.05, 0) is 24.6 Å². The molecule has 0 amide bonds. The number of carbonyl (C=O) groups excluding carboxylic acids is 1. The van der Waals surface area contributed by atoms with Gasteiger partial charge in [0.25, 0.3) is 0 Å². The number of aromatic nitrogens is 1. The summed E-state index contributed by atoms with van der Waals surface area (Å²) in [5.74, 6) is 1.30. The van der Waals surface area contributed by atoms with Crippen molar-refractivity contribution in [1.29, 1.82) is 0 Å². The van der Waals surface area contributed by atoms with Gasteiger partial charge in [0, 0.05) is 11.4 Å². The summed E-state index contributed by atoms with van der Waals surface area (Å²) in [5, 5.41) is 0.707. The Kier molecular flexibility index (Phi) is 3.59. The predicted octanol–water partition coefficient (Wildman–Crippen LogP) is 3.05. The van der Waals surface area contributed by atoms with E-state index in [-0.39, 0.29) is 5.78 Å². The van der Waals surface area contributed by atoms with Crippen LogP contribution in [-0.2, 0) is 17.6 Å². The summed E-state index contributed by atoms with van der Waals surface area (Å²) in [7, 11) is 0. The molecule has 0 aliphatic heterocycles. The van der Waals surface area contributed by atoms with Gasteiger partial charge < -0.3 is 4.42 Å². The fourth-order valence-corrected chi connectivity index (χ4v) is 1.66. The average molecular weight is 250 g/mol. The van der Waals surface area contributed by atoms with Gasteiger partial charge >= 0.3 is 0 Å². The van der Waals surface area contributed by atoms with Gasteiger partial charge in [-0.1, -0.05) is 23.7 Å². The summed E-state index contributed by atoms with van der Waals surface area (Å²) in [5.41, 5.74) is 1.07. The fourth-order valence-electron chi connectivity index (χ4n) is 1.53. The highest BCUT2D eigenvalue weighted by Gasteiger charge is 2.06. The maximum Gasteiger partial charge on any atom is 0.198 e. The van der Waals surface area contributed by atoms with Crippen LogP contribution >= 0.6 is 11.6 Å². The van der Waals surface area contributed by atoms with Crippen LogP contribution in [0.3, 0.4) is 0 Å². The van der Waals surface area contributed by atoms with Crippen molar-refractivity contribution in [2.45, 2.75) is 19.8 Å². The molecule has 0 N–H and O–H groups in total. The van der Waals surface area contributed by atoms with Gasteiger partial charge in [0.15, 0.2) is 5.89 Å². The van der Waals surface area contributed by atoms with Crippen LogP contribution in [0.15, 0.2) is 34.9 Å². The summed E-state index contributed by atoms with van der Waals surface area (Å²) in [6, 6.07) is 7.51. The summed E-state index contributed by atoms with van der Waals surface area (Å²) in [6.07, 6.45) is 2.51. The van der Waals surface area contributed by atoms with Gasteiger partial charge in [-0.15, -0.1) is 0 Å². The third-order valence-corrected chi connectivity index (χ3v) is 2.55. The molecule has 1 aromatic carbocycles. The van der Waals surface area contributed by atoms with Crippen molar-refractivity contribution in [3.8, 4) is 0 Å². The van der Waals surface area contributed by atoms with E-state index in [9.17, 15) is 4.79 Å². The minimum atomic E-state index is 0.0687. The maximum absolute atomic E-state index is 10.9. The first-order valence-electron chi connectivity index (χ1n) is 5.31. The second kappa shape index (κ2) is 5.15. The van der Waals surface area contributed by atoms with Crippen LogP contribution < -0.4 is 0 Å². The molecule has 4 heteroatoms. The maximum atomic E-state index is 10.9. The highest BCUT2D eigenvalue weighted by molar-refractivity contribution is 6.30. The SMILES string of the molecule is CC(=O)Cc1cnc(Cc2ccc(Cl)cc2)o1. The molecule has 0 unspecified atom stereocenters. The Bertz CT molecular complexity index is 516.